The van der Waals surface area contributed by atoms with Gasteiger partial charge in [0.25, 0.3) is 5.91 Å². The molecule has 27 heavy (non-hydrogen) atoms. The molecule has 0 aliphatic rings. The Hall–Kier alpha value is -1.81. The normalized spacial score (nSPS) is 10.7. The highest BCUT2D eigenvalue weighted by Crippen LogP contribution is 2.38. The van der Waals surface area contributed by atoms with Crippen LogP contribution in [0.25, 0.3) is 10.7 Å². The minimum atomic E-state index is -0.551. The number of carbonyl (C=O) groups excluding carboxylic acids is 1. The van der Waals surface area contributed by atoms with Gasteiger partial charge in [-0.2, -0.15) is 0 Å². The molecule has 9 heteroatoms. The number of amides is 1. The number of carbonyl (C=O) groups is 1. The Labute approximate surface area is 177 Å². The van der Waals surface area contributed by atoms with Crippen molar-refractivity contribution in [3.05, 3.63) is 55.4 Å². The number of hydroxylamine groups is 1. The van der Waals surface area contributed by atoms with Crippen LogP contribution in [0, 0.1) is 6.92 Å². The fourth-order valence-electron chi connectivity index (χ4n) is 2.60. The molecule has 0 spiro atoms. The Bertz CT molecular complexity index is 970. The predicted molar refractivity (Wildman–Crippen MR) is 114 cm³/mol. The SMILES string of the molecule is CCc1c(C)nc(-c2cc(Br)c(Br)s2)nc1Nc1ccc(C(=O)NO)cc1. The molecule has 0 saturated carbocycles. The maximum absolute atomic E-state index is 11.5. The number of hydrogen-bond donors (Lipinski definition) is 3. The number of thiophene rings is 1. The summed E-state index contributed by atoms with van der Waals surface area (Å²) >= 11 is 8.57. The van der Waals surface area contributed by atoms with Crippen LogP contribution in [0.2, 0.25) is 0 Å². The van der Waals surface area contributed by atoms with E-state index in [-0.39, 0.29) is 0 Å². The third-order valence-electron chi connectivity index (χ3n) is 3.94. The zero-order valence-electron chi connectivity index (χ0n) is 14.5. The van der Waals surface area contributed by atoms with Gasteiger partial charge in [0.15, 0.2) is 5.82 Å². The van der Waals surface area contributed by atoms with Crippen molar-refractivity contribution in [1.82, 2.24) is 15.4 Å². The molecule has 0 aliphatic carbocycles. The summed E-state index contributed by atoms with van der Waals surface area (Å²) in [6.07, 6.45) is 0.789. The number of anilines is 2. The number of hydrogen-bond acceptors (Lipinski definition) is 6. The number of halogens is 2. The molecular weight excluding hydrogens is 496 g/mol. The molecule has 0 aliphatic heterocycles. The summed E-state index contributed by atoms with van der Waals surface area (Å²) in [4.78, 5) is 21.8. The van der Waals surface area contributed by atoms with Crippen LogP contribution in [-0.4, -0.2) is 21.1 Å². The van der Waals surface area contributed by atoms with E-state index >= 15 is 0 Å². The van der Waals surface area contributed by atoms with Crippen molar-refractivity contribution in [3.8, 4) is 10.7 Å². The Kier molecular flexibility index (Phi) is 6.25. The average molecular weight is 512 g/mol. The van der Waals surface area contributed by atoms with E-state index in [2.05, 4.69) is 49.1 Å². The second kappa shape index (κ2) is 8.47. The van der Waals surface area contributed by atoms with Gasteiger partial charge in [0.05, 0.1) is 8.66 Å². The molecule has 0 unspecified atom stereocenters. The van der Waals surface area contributed by atoms with E-state index in [1.165, 1.54) is 0 Å². The van der Waals surface area contributed by atoms with Crippen LogP contribution < -0.4 is 10.8 Å². The first kappa shape index (κ1) is 19.9. The lowest BCUT2D eigenvalue weighted by atomic mass is 10.1. The first-order chi connectivity index (χ1) is 12.9. The van der Waals surface area contributed by atoms with Crippen LogP contribution in [0.15, 0.2) is 38.6 Å². The number of nitrogens with one attached hydrogen (secondary N) is 2. The molecule has 0 bridgehead atoms. The number of rotatable bonds is 5. The van der Waals surface area contributed by atoms with Crippen LogP contribution in [0.5, 0.6) is 0 Å². The Morgan fingerprint density at radius 3 is 2.48 bits per heavy atom. The number of nitrogens with zero attached hydrogens (tertiary/aromatic N) is 2. The third kappa shape index (κ3) is 4.37. The molecule has 1 amide bonds. The molecule has 0 radical (unpaired) electrons. The van der Waals surface area contributed by atoms with Crippen molar-refractivity contribution in [2.45, 2.75) is 20.3 Å². The number of benzene rings is 1. The van der Waals surface area contributed by atoms with Crippen molar-refractivity contribution in [3.63, 3.8) is 0 Å². The number of aryl methyl sites for hydroxylation is 1. The van der Waals surface area contributed by atoms with E-state index in [9.17, 15) is 4.79 Å². The van der Waals surface area contributed by atoms with Crippen LogP contribution in [0.3, 0.4) is 0 Å². The van der Waals surface area contributed by atoms with Gasteiger partial charge < -0.3 is 5.32 Å². The summed E-state index contributed by atoms with van der Waals surface area (Å²) in [5.41, 5.74) is 4.73. The van der Waals surface area contributed by atoms with Crippen molar-refractivity contribution >= 4 is 60.6 Å². The molecule has 3 aromatic rings. The Morgan fingerprint density at radius 1 is 1.22 bits per heavy atom. The highest BCUT2D eigenvalue weighted by Gasteiger charge is 2.15. The largest absolute Gasteiger partial charge is 0.340 e. The maximum Gasteiger partial charge on any atom is 0.274 e. The van der Waals surface area contributed by atoms with Gasteiger partial charge in [0, 0.05) is 27.0 Å². The monoisotopic (exact) mass is 510 g/mol. The predicted octanol–water partition coefficient (Wildman–Crippen LogP) is 5.46. The maximum atomic E-state index is 11.5. The molecule has 0 fully saturated rings. The van der Waals surface area contributed by atoms with Crippen LogP contribution in [0.1, 0.15) is 28.5 Å². The molecule has 6 nitrogen and oxygen atoms in total. The highest BCUT2D eigenvalue weighted by molar-refractivity contribution is 9.13. The Balaban J connectivity index is 1.97. The van der Waals surface area contributed by atoms with Crippen LogP contribution in [-0.2, 0) is 6.42 Å². The minimum absolute atomic E-state index is 0.367. The van der Waals surface area contributed by atoms with E-state index in [0.717, 1.165) is 42.3 Å². The van der Waals surface area contributed by atoms with Gasteiger partial charge in [-0.15, -0.1) is 11.3 Å². The molecule has 140 valence electrons. The molecule has 3 N–H and O–H groups in total. The first-order valence-corrected chi connectivity index (χ1v) is 10.5. The van der Waals surface area contributed by atoms with E-state index < -0.39 is 5.91 Å². The molecule has 2 heterocycles. The average Bonchev–Trinajstić information content (AvgIpc) is 3.00. The molecule has 0 atom stereocenters. The fourth-order valence-corrected chi connectivity index (χ4v) is 4.57. The minimum Gasteiger partial charge on any atom is -0.340 e. The van der Waals surface area contributed by atoms with Crippen molar-refractivity contribution < 1.29 is 10.0 Å². The molecule has 2 aromatic heterocycles. The lowest BCUT2D eigenvalue weighted by Crippen LogP contribution is -2.18. The van der Waals surface area contributed by atoms with Gasteiger partial charge in [-0.1, -0.05) is 6.92 Å². The summed E-state index contributed by atoms with van der Waals surface area (Å²) < 4.78 is 1.96. The van der Waals surface area contributed by atoms with Crippen molar-refractivity contribution in [2.24, 2.45) is 0 Å². The quantitative estimate of drug-likeness (QED) is 0.312. The topological polar surface area (TPSA) is 87.1 Å². The fraction of sp³-hybridized carbons (Fsp3) is 0.167. The summed E-state index contributed by atoms with van der Waals surface area (Å²) in [6.45, 7) is 4.03. The van der Waals surface area contributed by atoms with Gasteiger partial charge in [-0.3, -0.25) is 10.0 Å². The van der Waals surface area contributed by atoms with Gasteiger partial charge >= 0.3 is 0 Å². The summed E-state index contributed by atoms with van der Waals surface area (Å²) in [7, 11) is 0. The zero-order valence-corrected chi connectivity index (χ0v) is 18.5. The molecule has 3 rings (SSSR count). The molecule has 0 saturated heterocycles. The van der Waals surface area contributed by atoms with E-state index in [1.54, 1.807) is 41.1 Å². The van der Waals surface area contributed by atoms with Crippen LogP contribution >= 0.6 is 43.2 Å². The molecule has 1 aromatic carbocycles. The zero-order chi connectivity index (χ0) is 19.6. The van der Waals surface area contributed by atoms with E-state index in [0.29, 0.717) is 11.4 Å². The smallest absolute Gasteiger partial charge is 0.274 e. The molecular formula is C18H16Br2N4O2S. The summed E-state index contributed by atoms with van der Waals surface area (Å²) in [5.74, 6) is 0.838. The van der Waals surface area contributed by atoms with Crippen molar-refractivity contribution in [1.29, 1.82) is 0 Å². The van der Waals surface area contributed by atoms with Crippen LogP contribution in [0.4, 0.5) is 11.5 Å². The van der Waals surface area contributed by atoms with Gasteiger partial charge in [0.2, 0.25) is 0 Å². The lowest BCUT2D eigenvalue weighted by Gasteiger charge is -2.14. The van der Waals surface area contributed by atoms with Gasteiger partial charge in [-0.25, -0.2) is 15.4 Å². The summed E-state index contributed by atoms with van der Waals surface area (Å²) in [6, 6.07) is 8.77. The Morgan fingerprint density at radius 2 is 1.93 bits per heavy atom. The van der Waals surface area contributed by atoms with Gasteiger partial charge in [0.1, 0.15) is 5.82 Å². The first-order valence-electron chi connectivity index (χ1n) is 8.07. The third-order valence-corrected chi connectivity index (χ3v) is 7.20. The summed E-state index contributed by atoms with van der Waals surface area (Å²) in [5, 5.41) is 12.0. The second-order valence-corrected chi connectivity index (χ2v) is 8.91. The van der Waals surface area contributed by atoms with E-state index in [4.69, 9.17) is 10.2 Å². The van der Waals surface area contributed by atoms with Crippen molar-refractivity contribution in [2.75, 3.05) is 5.32 Å². The lowest BCUT2D eigenvalue weighted by molar-refractivity contribution is 0.0706. The number of aromatic nitrogens is 2. The van der Waals surface area contributed by atoms with E-state index in [1.807, 2.05) is 13.0 Å². The highest BCUT2D eigenvalue weighted by atomic mass is 79.9. The second-order valence-electron chi connectivity index (χ2n) is 5.69. The standard InChI is InChI=1S/C18H16Br2N4O2S/c1-3-12-9(2)21-17(14-8-13(19)15(20)27-14)23-16(12)22-11-6-4-10(5-7-11)18(25)24-26/h4-8,26H,3H2,1-2H3,(H,24,25)(H,21,22,23). The van der Waals surface area contributed by atoms with Gasteiger partial charge in [-0.05, 0) is 75.5 Å².